The van der Waals surface area contributed by atoms with Gasteiger partial charge in [-0.05, 0) is 101 Å². The lowest BCUT2D eigenvalue weighted by Gasteiger charge is -2.23. The minimum atomic E-state index is -0.0149. The lowest BCUT2D eigenvalue weighted by atomic mass is 9.81. The smallest absolute Gasteiger partial charge is 0.135 e. The number of hydrogen-bond donors (Lipinski definition) is 0. The Balaban J connectivity index is 1.22. The number of hydrogen-bond acceptors (Lipinski definition) is 1. The van der Waals surface area contributed by atoms with Crippen LogP contribution in [-0.2, 0) is 5.41 Å². The molecule has 1 heterocycles. The first-order valence-corrected chi connectivity index (χ1v) is 16.1. The van der Waals surface area contributed by atoms with Crippen molar-refractivity contribution in [1.29, 1.82) is 0 Å². The highest BCUT2D eigenvalue weighted by molar-refractivity contribution is 6.21. The molecule has 1 heteroatoms. The van der Waals surface area contributed by atoms with Gasteiger partial charge >= 0.3 is 0 Å². The maximum Gasteiger partial charge on any atom is 0.135 e. The van der Waals surface area contributed by atoms with Gasteiger partial charge in [0.25, 0.3) is 0 Å². The predicted molar refractivity (Wildman–Crippen MR) is 193 cm³/mol. The van der Waals surface area contributed by atoms with Crippen LogP contribution in [0.25, 0.3) is 76.8 Å². The van der Waals surface area contributed by atoms with E-state index in [0.717, 1.165) is 22.6 Å². The van der Waals surface area contributed by atoms with Crippen LogP contribution in [0.1, 0.15) is 25.0 Å². The molecule has 46 heavy (non-hydrogen) atoms. The normalized spacial score (nSPS) is 13.8. The van der Waals surface area contributed by atoms with Crippen LogP contribution in [0.4, 0.5) is 0 Å². The van der Waals surface area contributed by atoms with Crippen LogP contribution < -0.4 is 4.74 Å². The maximum absolute atomic E-state index is 6.62. The second-order valence-corrected chi connectivity index (χ2v) is 13.2. The standard InChI is InChI=1S/C45H30O/c1-45(2)38-19-8-7-13-30(38)37-25-28(22-24-39(37)45)42-33-14-3-5-16-35(33)43(36-17-6-4-15-34(36)42)29-21-23-31-32-18-9-11-27-12-10-20-40(44(27)32)46-41(31)26-29/h3-26H,1-2H3. The molecule has 0 N–H and O–H groups in total. The molecular weight excluding hydrogens is 556 g/mol. The summed E-state index contributed by atoms with van der Waals surface area (Å²) in [4.78, 5) is 0. The largest absolute Gasteiger partial charge is 0.456 e. The van der Waals surface area contributed by atoms with Crippen molar-refractivity contribution in [3.63, 3.8) is 0 Å². The van der Waals surface area contributed by atoms with Crippen molar-refractivity contribution in [2.24, 2.45) is 0 Å². The summed E-state index contributed by atoms with van der Waals surface area (Å²) in [5.74, 6) is 1.82. The lowest BCUT2D eigenvalue weighted by molar-refractivity contribution is 0.487. The third-order valence-electron chi connectivity index (χ3n) is 10.5. The molecule has 8 aromatic carbocycles. The topological polar surface area (TPSA) is 9.23 Å². The Bertz CT molecular complexity index is 2520. The molecule has 0 spiro atoms. The zero-order chi connectivity index (χ0) is 30.6. The van der Waals surface area contributed by atoms with E-state index < -0.39 is 0 Å². The Labute approximate surface area is 268 Å². The van der Waals surface area contributed by atoms with E-state index in [1.54, 1.807) is 0 Å². The Morgan fingerprint density at radius 1 is 0.413 bits per heavy atom. The molecule has 0 radical (unpaired) electrons. The fourth-order valence-electron chi connectivity index (χ4n) is 8.35. The van der Waals surface area contributed by atoms with E-state index in [9.17, 15) is 0 Å². The summed E-state index contributed by atoms with van der Waals surface area (Å²) in [7, 11) is 0. The number of benzene rings is 8. The Morgan fingerprint density at radius 3 is 1.70 bits per heavy atom. The van der Waals surface area contributed by atoms with Crippen LogP contribution in [0.3, 0.4) is 0 Å². The molecule has 1 aliphatic heterocycles. The third kappa shape index (κ3) is 3.40. The minimum Gasteiger partial charge on any atom is -0.456 e. The summed E-state index contributed by atoms with van der Waals surface area (Å²) in [5.41, 5.74) is 12.8. The molecule has 0 saturated carbocycles. The van der Waals surface area contributed by atoms with Gasteiger partial charge in [0, 0.05) is 16.4 Å². The van der Waals surface area contributed by atoms with Crippen LogP contribution in [-0.4, -0.2) is 0 Å². The molecule has 0 aromatic heterocycles. The third-order valence-corrected chi connectivity index (χ3v) is 10.5. The molecule has 1 nitrogen and oxygen atoms in total. The van der Waals surface area contributed by atoms with Crippen molar-refractivity contribution < 1.29 is 4.74 Å². The summed E-state index contributed by atoms with van der Waals surface area (Å²) in [5, 5.41) is 7.40. The van der Waals surface area contributed by atoms with Crippen LogP contribution in [0.2, 0.25) is 0 Å². The highest BCUT2D eigenvalue weighted by Gasteiger charge is 2.35. The quantitative estimate of drug-likeness (QED) is 0.183. The van der Waals surface area contributed by atoms with E-state index in [2.05, 4.69) is 159 Å². The summed E-state index contributed by atoms with van der Waals surface area (Å²) in [6.45, 7) is 4.69. The van der Waals surface area contributed by atoms with Crippen molar-refractivity contribution in [1.82, 2.24) is 0 Å². The van der Waals surface area contributed by atoms with Gasteiger partial charge in [-0.2, -0.15) is 0 Å². The van der Waals surface area contributed by atoms with Gasteiger partial charge in [-0.1, -0.05) is 135 Å². The molecule has 1 aliphatic carbocycles. The van der Waals surface area contributed by atoms with Crippen molar-refractivity contribution >= 4 is 32.3 Å². The SMILES string of the molecule is CC1(C)c2ccccc2-c2cc(-c3c4ccccc4c(-c4ccc5c(c4)Oc4cccc6cccc-5c46)c4ccccc34)ccc21. The summed E-state index contributed by atoms with van der Waals surface area (Å²) in [6, 6.07) is 53.4. The molecule has 0 saturated heterocycles. The molecule has 0 fully saturated rings. The Morgan fingerprint density at radius 2 is 0.978 bits per heavy atom. The van der Waals surface area contributed by atoms with Crippen molar-refractivity contribution in [3.05, 3.63) is 157 Å². The predicted octanol–water partition coefficient (Wildman–Crippen LogP) is 12.6. The molecule has 0 unspecified atom stereocenters. The first kappa shape index (κ1) is 25.6. The number of fused-ring (bicyclic) bond motifs is 7. The zero-order valence-electron chi connectivity index (χ0n) is 25.8. The van der Waals surface area contributed by atoms with E-state index in [4.69, 9.17) is 4.74 Å². The van der Waals surface area contributed by atoms with Crippen molar-refractivity contribution in [2.75, 3.05) is 0 Å². The van der Waals surface area contributed by atoms with Gasteiger partial charge in [0.2, 0.25) is 0 Å². The first-order chi connectivity index (χ1) is 22.6. The first-order valence-electron chi connectivity index (χ1n) is 16.1. The number of rotatable bonds is 2. The maximum atomic E-state index is 6.62. The van der Waals surface area contributed by atoms with E-state index in [1.165, 1.54) is 76.8 Å². The molecule has 0 atom stereocenters. The van der Waals surface area contributed by atoms with E-state index in [1.807, 2.05) is 0 Å². The number of ether oxygens (including phenoxy) is 1. The highest BCUT2D eigenvalue weighted by Crippen LogP contribution is 2.52. The van der Waals surface area contributed by atoms with Gasteiger partial charge in [0.05, 0.1) is 0 Å². The fraction of sp³-hybridized carbons (Fsp3) is 0.0667. The second-order valence-electron chi connectivity index (χ2n) is 13.2. The van der Waals surface area contributed by atoms with Crippen molar-refractivity contribution in [3.8, 4) is 56.0 Å². The zero-order valence-corrected chi connectivity index (χ0v) is 25.8. The molecule has 216 valence electrons. The van der Waals surface area contributed by atoms with Gasteiger partial charge in [0.15, 0.2) is 0 Å². The van der Waals surface area contributed by atoms with Crippen LogP contribution >= 0.6 is 0 Å². The minimum absolute atomic E-state index is 0.0149. The fourth-order valence-corrected chi connectivity index (χ4v) is 8.35. The average molecular weight is 587 g/mol. The molecule has 0 amide bonds. The van der Waals surface area contributed by atoms with E-state index in [0.29, 0.717) is 0 Å². The Hall–Kier alpha value is -5.66. The lowest BCUT2D eigenvalue weighted by Crippen LogP contribution is -2.14. The molecule has 10 rings (SSSR count). The van der Waals surface area contributed by atoms with Crippen molar-refractivity contribution in [2.45, 2.75) is 19.3 Å². The van der Waals surface area contributed by atoms with Gasteiger partial charge in [0.1, 0.15) is 11.5 Å². The molecule has 0 bridgehead atoms. The Kier molecular flexibility index (Phi) is 5.12. The van der Waals surface area contributed by atoms with Gasteiger partial charge in [-0.15, -0.1) is 0 Å². The second kappa shape index (κ2) is 9.19. The van der Waals surface area contributed by atoms with Crippen LogP contribution in [0.5, 0.6) is 11.5 Å². The average Bonchev–Trinajstić information content (AvgIpc) is 3.32. The monoisotopic (exact) mass is 586 g/mol. The van der Waals surface area contributed by atoms with Gasteiger partial charge in [-0.3, -0.25) is 0 Å². The summed E-state index contributed by atoms with van der Waals surface area (Å²) >= 11 is 0. The molecule has 8 aromatic rings. The molecule has 2 aliphatic rings. The van der Waals surface area contributed by atoms with E-state index in [-0.39, 0.29) is 5.41 Å². The summed E-state index contributed by atoms with van der Waals surface area (Å²) in [6.07, 6.45) is 0. The van der Waals surface area contributed by atoms with Crippen LogP contribution in [0, 0.1) is 0 Å². The van der Waals surface area contributed by atoms with E-state index >= 15 is 0 Å². The highest BCUT2D eigenvalue weighted by atomic mass is 16.5. The molecular formula is C45H30O. The van der Waals surface area contributed by atoms with Gasteiger partial charge in [-0.25, -0.2) is 0 Å². The van der Waals surface area contributed by atoms with Gasteiger partial charge < -0.3 is 4.74 Å². The summed E-state index contributed by atoms with van der Waals surface area (Å²) < 4.78 is 6.62. The van der Waals surface area contributed by atoms with Crippen LogP contribution in [0.15, 0.2) is 146 Å².